The van der Waals surface area contributed by atoms with Crippen LogP contribution in [0.15, 0.2) is 4.99 Å². The molecule has 0 aromatic rings. The van der Waals surface area contributed by atoms with Crippen LogP contribution in [0.3, 0.4) is 0 Å². The molecule has 1 aliphatic rings. The predicted octanol–water partition coefficient (Wildman–Crippen LogP) is -0.487. The van der Waals surface area contributed by atoms with Crippen molar-refractivity contribution >= 4 is 5.90 Å². The van der Waals surface area contributed by atoms with E-state index < -0.39 is 6.10 Å². The van der Waals surface area contributed by atoms with Crippen molar-refractivity contribution in [1.82, 2.24) is 0 Å². The second kappa shape index (κ2) is 3.69. The molecule has 0 aliphatic carbocycles. The Morgan fingerprint density at radius 2 is 2.55 bits per heavy atom. The second-order valence-corrected chi connectivity index (χ2v) is 2.59. The molecule has 0 saturated heterocycles. The largest absolute Gasteiger partial charge is 0.477 e. The SMILES string of the molecule is CC[C@H](N)C(O)C1=NCCO1. The van der Waals surface area contributed by atoms with Crippen LogP contribution in [0.2, 0.25) is 0 Å². The number of ether oxygens (including phenoxy) is 1. The zero-order chi connectivity index (χ0) is 8.27. The summed E-state index contributed by atoms with van der Waals surface area (Å²) in [5.74, 6) is 0.402. The van der Waals surface area contributed by atoms with E-state index >= 15 is 0 Å². The lowest BCUT2D eigenvalue weighted by atomic mass is 10.1. The van der Waals surface area contributed by atoms with Gasteiger partial charge in [-0.3, -0.25) is 0 Å². The predicted molar refractivity (Wildman–Crippen MR) is 42.5 cm³/mol. The van der Waals surface area contributed by atoms with Crippen molar-refractivity contribution in [3.63, 3.8) is 0 Å². The van der Waals surface area contributed by atoms with Gasteiger partial charge in [0.05, 0.1) is 6.54 Å². The van der Waals surface area contributed by atoms with Crippen LogP contribution in [0.1, 0.15) is 13.3 Å². The van der Waals surface area contributed by atoms with Gasteiger partial charge in [-0.15, -0.1) is 0 Å². The smallest absolute Gasteiger partial charge is 0.214 e. The molecule has 3 N–H and O–H groups in total. The highest BCUT2D eigenvalue weighted by molar-refractivity contribution is 5.82. The topological polar surface area (TPSA) is 67.8 Å². The van der Waals surface area contributed by atoms with Crippen LogP contribution < -0.4 is 5.73 Å². The molecule has 0 spiro atoms. The molecule has 64 valence electrons. The van der Waals surface area contributed by atoms with Crippen LogP contribution in [-0.2, 0) is 4.74 Å². The van der Waals surface area contributed by atoms with E-state index in [1.807, 2.05) is 6.92 Å². The fourth-order valence-corrected chi connectivity index (χ4v) is 0.937. The molecule has 1 rings (SSSR count). The van der Waals surface area contributed by atoms with Crippen molar-refractivity contribution in [3.05, 3.63) is 0 Å². The first kappa shape index (κ1) is 8.49. The van der Waals surface area contributed by atoms with Crippen LogP contribution in [0.4, 0.5) is 0 Å². The highest BCUT2D eigenvalue weighted by Crippen LogP contribution is 2.04. The number of nitrogens with zero attached hydrogens (tertiary/aromatic N) is 1. The number of aliphatic imine (C=N–C) groups is 1. The Balaban J connectivity index is 2.45. The lowest BCUT2D eigenvalue weighted by Gasteiger charge is -2.15. The molecule has 0 amide bonds. The molecular weight excluding hydrogens is 144 g/mol. The molecule has 2 atom stereocenters. The fourth-order valence-electron chi connectivity index (χ4n) is 0.937. The van der Waals surface area contributed by atoms with Gasteiger partial charge in [-0.05, 0) is 6.42 Å². The normalized spacial score (nSPS) is 22.3. The van der Waals surface area contributed by atoms with E-state index in [1.54, 1.807) is 0 Å². The van der Waals surface area contributed by atoms with Crippen molar-refractivity contribution in [3.8, 4) is 0 Å². The van der Waals surface area contributed by atoms with Crippen molar-refractivity contribution in [2.24, 2.45) is 10.7 Å². The molecule has 0 aromatic carbocycles. The van der Waals surface area contributed by atoms with Crippen LogP contribution in [-0.4, -0.2) is 36.3 Å². The van der Waals surface area contributed by atoms with E-state index in [0.717, 1.165) is 6.42 Å². The summed E-state index contributed by atoms with van der Waals surface area (Å²) in [4.78, 5) is 3.97. The summed E-state index contributed by atoms with van der Waals surface area (Å²) in [6.07, 6.45) is 0.00583. The molecule has 11 heavy (non-hydrogen) atoms. The van der Waals surface area contributed by atoms with E-state index in [-0.39, 0.29) is 6.04 Å². The van der Waals surface area contributed by atoms with Gasteiger partial charge in [0.2, 0.25) is 5.90 Å². The average molecular weight is 158 g/mol. The quantitative estimate of drug-likeness (QED) is 0.582. The molecule has 0 radical (unpaired) electrons. The summed E-state index contributed by atoms with van der Waals surface area (Å²) in [6.45, 7) is 3.13. The van der Waals surface area contributed by atoms with Crippen molar-refractivity contribution in [2.45, 2.75) is 25.5 Å². The molecule has 0 bridgehead atoms. The molecule has 0 fully saturated rings. The minimum absolute atomic E-state index is 0.258. The number of aliphatic hydroxyl groups is 1. The summed E-state index contributed by atoms with van der Waals surface area (Å²) >= 11 is 0. The molecule has 0 aromatic heterocycles. The van der Waals surface area contributed by atoms with E-state index in [2.05, 4.69) is 4.99 Å². The van der Waals surface area contributed by atoms with Gasteiger partial charge in [0, 0.05) is 6.04 Å². The second-order valence-electron chi connectivity index (χ2n) is 2.59. The summed E-state index contributed by atoms with van der Waals surface area (Å²) in [5, 5.41) is 9.44. The maximum atomic E-state index is 9.44. The molecule has 1 aliphatic heterocycles. The van der Waals surface area contributed by atoms with Crippen LogP contribution >= 0.6 is 0 Å². The minimum atomic E-state index is -0.720. The van der Waals surface area contributed by atoms with Gasteiger partial charge in [-0.2, -0.15) is 0 Å². The van der Waals surface area contributed by atoms with E-state index in [1.165, 1.54) is 0 Å². The van der Waals surface area contributed by atoms with E-state index in [4.69, 9.17) is 10.5 Å². The number of aliphatic hydroxyl groups excluding tert-OH is 1. The summed E-state index contributed by atoms with van der Waals surface area (Å²) in [7, 11) is 0. The average Bonchev–Trinajstić information content (AvgIpc) is 2.53. The molecule has 1 unspecified atom stereocenters. The molecule has 0 saturated carbocycles. The number of hydrogen-bond acceptors (Lipinski definition) is 4. The fraction of sp³-hybridized carbons (Fsp3) is 0.857. The highest BCUT2D eigenvalue weighted by Gasteiger charge is 2.22. The van der Waals surface area contributed by atoms with Gasteiger partial charge in [0.1, 0.15) is 12.7 Å². The third-order valence-corrected chi connectivity index (χ3v) is 1.74. The van der Waals surface area contributed by atoms with E-state index in [0.29, 0.717) is 19.0 Å². The van der Waals surface area contributed by atoms with Crippen LogP contribution in [0.25, 0.3) is 0 Å². The Bertz CT molecular complexity index is 159. The van der Waals surface area contributed by atoms with E-state index in [9.17, 15) is 5.11 Å². The van der Waals surface area contributed by atoms with Gasteiger partial charge in [0.15, 0.2) is 0 Å². The summed E-state index contributed by atoms with van der Waals surface area (Å²) in [5.41, 5.74) is 5.59. The van der Waals surface area contributed by atoms with Gasteiger partial charge < -0.3 is 15.6 Å². The van der Waals surface area contributed by atoms with Crippen LogP contribution in [0.5, 0.6) is 0 Å². The Morgan fingerprint density at radius 1 is 1.82 bits per heavy atom. The number of nitrogens with two attached hydrogens (primary N) is 1. The van der Waals surface area contributed by atoms with Crippen molar-refractivity contribution in [1.29, 1.82) is 0 Å². The Labute approximate surface area is 66.1 Å². The Hall–Kier alpha value is -0.610. The maximum Gasteiger partial charge on any atom is 0.214 e. The van der Waals surface area contributed by atoms with Gasteiger partial charge in [-0.25, -0.2) is 4.99 Å². The third-order valence-electron chi connectivity index (χ3n) is 1.74. The Morgan fingerprint density at radius 3 is 3.00 bits per heavy atom. The first-order chi connectivity index (χ1) is 5.25. The van der Waals surface area contributed by atoms with Gasteiger partial charge in [0.25, 0.3) is 0 Å². The van der Waals surface area contributed by atoms with Gasteiger partial charge in [-0.1, -0.05) is 6.92 Å². The first-order valence-corrected chi connectivity index (χ1v) is 3.86. The first-order valence-electron chi connectivity index (χ1n) is 3.86. The highest BCUT2D eigenvalue weighted by atomic mass is 16.5. The zero-order valence-corrected chi connectivity index (χ0v) is 6.66. The zero-order valence-electron chi connectivity index (χ0n) is 6.66. The minimum Gasteiger partial charge on any atom is -0.477 e. The number of rotatable bonds is 3. The molecule has 4 heteroatoms. The third kappa shape index (κ3) is 1.91. The van der Waals surface area contributed by atoms with Crippen LogP contribution in [0, 0.1) is 0 Å². The molecule has 4 nitrogen and oxygen atoms in total. The maximum absolute atomic E-state index is 9.44. The summed E-state index contributed by atoms with van der Waals surface area (Å²) in [6, 6.07) is -0.258. The lowest BCUT2D eigenvalue weighted by Crippen LogP contribution is -2.40. The lowest BCUT2D eigenvalue weighted by molar-refractivity contribution is 0.172. The van der Waals surface area contributed by atoms with Crippen molar-refractivity contribution in [2.75, 3.05) is 13.2 Å². The van der Waals surface area contributed by atoms with Crippen molar-refractivity contribution < 1.29 is 9.84 Å². The monoisotopic (exact) mass is 158 g/mol. The van der Waals surface area contributed by atoms with Gasteiger partial charge >= 0.3 is 0 Å². The standard InChI is InChI=1S/C7H14N2O2/c1-2-5(8)6(10)7-9-3-4-11-7/h5-6,10H,2-4,8H2,1H3/t5-,6?/m0/s1. The Kier molecular flexibility index (Phi) is 2.84. The molecular formula is C7H14N2O2. The summed E-state index contributed by atoms with van der Waals surface area (Å²) < 4.78 is 5.06. The molecule has 1 heterocycles. The number of hydrogen-bond donors (Lipinski definition) is 2.